The number of nitrogen functional groups attached to an aromatic ring is 1. The molecule has 1 aromatic heterocycles. The highest BCUT2D eigenvalue weighted by molar-refractivity contribution is 8.00. The van der Waals surface area contributed by atoms with Gasteiger partial charge in [0.1, 0.15) is 12.4 Å². The predicted octanol–water partition coefficient (Wildman–Crippen LogP) is 3.33. The number of benzene rings is 1. The second-order valence-corrected chi connectivity index (χ2v) is 9.65. The Morgan fingerprint density at radius 3 is 2.50 bits per heavy atom. The van der Waals surface area contributed by atoms with Crippen molar-refractivity contribution in [2.24, 2.45) is 0 Å². The Morgan fingerprint density at radius 1 is 1.16 bits per heavy atom. The number of hydrogen-bond donors (Lipinski definition) is 3. The number of ether oxygens (including phenoxy) is 1. The average Bonchev–Trinajstić information content (AvgIpc) is 3.12. The number of nitrogens with one attached hydrogen (secondary N) is 2. The normalized spacial score (nSPS) is 15.4. The number of carbonyl (C=O) groups is 2. The summed E-state index contributed by atoms with van der Waals surface area (Å²) in [7, 11) is 0. The molecule has 9 nitrogen and oxygen atoms in total. The lowest BCUT2D eigenvalue weighted by Gasteiger charge is -2.22. The van der Waals surface area contributed by atoms with Gasteiger partial charge in [-0.05, 0) is 43.4 Å². The Hall–Kier alpha value is -2.75. The van der Waals surface area contributed by atoms with Crippen molar-refractivity contribution < 1.29 is 14.3 Å². The number of rotatable bonds is 8. The number of hydrogen-bond acceptors (Lipinski definition) is 7. The second-order valence-electron chi connectivity index (χ2n) is 8.34. The molecular weight excluding hydrogens is 428 g/mol. The molecule has 1 aliphatic carbocycles. The lowest BCUT2D eigenvalue weighted by Crippen LogP contribution is -2.47. The maximum Gasteiger partial charge on any atom is 0.321 e. The zero-order valence-corrected chi connectivity index (χ0v) is 19.7. The van der Waals surface area contributed by atoms with E-state index >= 15 is 0 Å². The third kappa shape index (κ3) is 6.62. The van der Waals surface area contributed by atoms with Crippen LogP contribution in [0.5, 0.6) is 5.75 Å². The molecule has 1 atom stereocenters. The van der Waals surface area contributed by atoms with E-state index in [0.717, 1.165) is 37.4 Å². The number of imide groups is 1. The van der Waals surface area contributed by atoms with Crippen LogP contribution in [0.2, 0.25) is 0 Å². The fourth-order valence-electron chi connectivity index (χ4n) is 3.48. The molecule has 0 bridgehead atoms. The summed E-state index contributed by atoms with van der Waals surface area (Å²) in [5, 5.41) is 13.2. The Balaban J connectivity index is 1.48. The maximum absolute atomic E-state index is 12.4. The van der Waals surface area contributed by atoms with Gasteiger partial charge in [0.15, 0.2) is 5.82 Å². The van der Waals surface area contributed by atoms with Gasteiger partial charge >= 0.3 is 6.03 Å². The summed E-state index contributed by atoms with van der Waals surface area (Å²) in [5.74, 6) is 7.27. The summed E-state index contributed by atoms with van der Waals surface area (Å²) in [6.45, 7) is 6.11. The quantitative estimate of drug-likeness (QED) is 0.408. The van der Waals surface area contributed by atoms with Crippen LogP contribution >= 0.6 is 11.8 Å². The van der Waals surface area contributed by atoms with Gasteiger partial charge in [-0.1, -0.05) is 57.0 Å². The summed E-state index contributed by atoms with van der Waals surface area (Å²) in [6, 6.07) is 7.55. The zero-order valence-electron chi connectivity index (χ0n) is 18.8. The highest BCUT2D eigenvalue weighted by Crippen LogP contribution is 2.22. The van der Waals surface area contributed by atoms with Crippen LogP contribution < -0.4 is 21.2 Å². The summed E-state index contributed by atoms with van der Waals surface area (Å²) >= 11 is 1.13. The summed E-state index contributed by atoms with van der Waals surface area (Å²) in [4.78, 5) is 24.5. The summed E-state index contributed by atoms with van der Waals surface area (Å²) in [6.07, 6.45) is 5.31. The molecule has 4 N–H and O–H groups in total. The monoisotopic (exact) mass is 460 g/mol. The van der Waals surface area contributed by atoms with Crippen LogP contribution in [0.15, 0.2) is 29.4 Å². The highest BCUT2D eigenvalue weighted by Gasteiger charge is 2.23. The van der Waals surface area contributed by atoms with Crippen molar-refractivity contribution in [3.63, 3.8) is 0 Å². The van der Waals surface area contributed by atoms with Crippen LogP contribution in [0.4, 0.5) is 4.79 Å². The molecule has 1 unspecified atom stereocenters. The number of urea groups is 1. The average molecular weight is 461 g/mol. The Labute approximate surface area is 192 Å². The Morgan fingerprint density at radius 2 is 1.84 bits per heavy atom. The molecule has 1 saturated carbocycles. The van der Waals surface area contributed by atoms with Crippen LogP contribution in [-0.4, -0.2) is 38.1 Å². The van der Waals surface area contributed by atoms with E-state index in [0.29, 0.717) is 22.6 Å². The molecule has 1 aliphatic rings. The van der Waals surface area contributed by atoms with Crippen molar-refractivity contribution in [2.75, 3.05) is 5.84 Å². The lowest BCUT2D eigenvalue weighted by atomic mass is 9.96. The van der Waals surface area contributed by atoms with Crippen LogP contribution in [0.1, 0.15) is 70.2 Å². The predicted molar refractivity (Wildman–Crippen MR) is 124 cm³/mol. The fraction of sp³-hybridized carbons (Fsp3) is 0.545. The number of carbonyl (C=O) groups excluding carboxylic acids is 2. The smallest absolute Gasteiger partial charge is 0.321 e. The van der Waals surface area contributed by atoms with E-state index in [2.05, 4.69) is 34.7 Å². The minimum atomic E-state index is -0.573. The summed E-state index contributed by atoms with van der Waals surface area (Å²) < 4.78 is 7.06. The van der Waals surface area contributed by atoms with Crippen molar-refractivity contribution in [2.45, 2.75) is 81.8 Å². The van der Waals surface area contributed by atoms with Gasteiger partial charge in [0, 0.05) is 6.04 Å². The van der Waals surface area contributed by atoms with Gasteiger partial charge in [0.2, 0.25) is 11.1 Å². The minimum absolute atomic E-state index is 0.135. The van der Waals surface area contributed by atoms with E-state index in [-0.39, 0.29) is 12.6 Å². The standard InChI is InChI=1S/C22H32N6O3S/c1-14(2)16-9-11-18(12-10-16)31-13-19-26-27-22(28(19)23)32-15(3)20(29)25-21(30)24-17-7-5-4-6-8-17/h9-12,14-15,17H,4-8,13,23H2,1-3H3,(H2,24,25,29,30). The van der Waals surface area contributed by atoms with Crippen molar-refractivity contribution >= 4 is 23.7 Å². The molecule has 10 heteroatoms. The molecule has 1 fully saturated rings. The van der Waals surface area contributed by atoms with Crippen LogP contribution in [0.3, 0.4) is 0 Å². The van der Waals surface area contributed by atoms with Crippen molar-refractivity contribution in [3.05, 3.63) is 35.7 Å². The molecule has 0 aliphatic heterocycles. The van der Waals surface area contributed by atoms with E-state index in [1.807, 2.05) is 24.3 Å². The molecule has 0 radical (unpaired) electrons. The first-order valence-electron chi connectivity index (χ1n) is 11.0. The number of aromatic nitrogens is 3. The molecule has 3 amide bonds. The van der Waals surface area contributed by atoms with Gasteiger partial charge in [-0.25, -0.2) is 9.47 Å². The Bertz CT molecular complexity index is 909. The van der Waals surface area contributed by atoms with Gasteiger partial charge in [0.05, 0.1) is 5.25 Å². The highest BCUT2D eigenvalue weighted by atomic mass is 32.2. The van der Waals surface area contributed by atoms with Crippen molar-refractivity contribution in [1.29, 1.82) is 0 Å². The first-order chi connectivity index (χ1) is 15.3. The minimum Gasteiger partial charge on any atom is -0.486 e. The van der Waals surface area contributed by atoms with Gasteiger partial charge in [-0.15, -0.1) is 10.2 Å². The van der Waals surface area contributed by atoms with E-state index in [1.54, 1.807) is 6.92 Å². The molecule has 32 heavy (non-hydrogen) atoms. The maximum atomic E-state index is 12.4. The van der Waals surface area contributed by atoms with Gasteiger partial charge < -0.3 is 15.9 Å². The van der Waals surface area contributed by atoms with Crippen LogP contribution in [0.25, 0.3) is 0 Å². The van der Waals surface area contributed by atoms with E-state index in [9.17, 15) is 9.59 Å². The van der Waals surface area contributed by atoms with Crippen LogP contribution in [0, 0.1) is 0 Å². The van der Waals surface area contributed by atoms with E-state index < -0.39 is 17.2 Å². The number of nitrogens with two attached hydrogens (primary N) is 1. The SMILES string of the molecule is CC(Sc1nnc(COc2ccc(C(C)C)cc2)n1N)C(=O)NC(=O)NC1CCCCC1. The third-order valence-electron chi connectivity index (χ3n) is 5.48. The molecule has 1 heterocycles. The molecular formula is C22H32N6O3S. The molecule has 0 spiro atoms. The van der Waals surface area contributed by atoms with Crippen molar-refractivity contribution in [3.8, 4) is 5.75 Å². The van der Waals surface area contributed by atoms with Gasteiger partial charge in [-0.3, -0.25) is 10.1 Å². The first kappa shape index (κ1) is 23.9. The number of amides is 3. The fourth-order valence-corrected chi connectivity index (χ4v) is 4.27. The van der Waals surface area contributed by atoms with Gasteiger partial charge in [-0.2, -0.15) is 0 Å². The third-order valence-corrected chi connectivity index (χ3v) is 6.54. The molecule has 174 valence electrons. The number of thioether (sulfide) groups is 1. The molecule has 3 rings (SSSR count). The molecule has 0 saturated heterocycles. The molecule has 1 aromatic carbocycles. The Kier molecular flexibility index (Phi) is 8.38. The lowest BCUT2D eigenvalue weighted by molar-refractivity contribution is -0.119. The van der Waals surface area contributed by atoms with Crippen molar-refractivity contribution in [1.82, 2.24) is 25.5 Å². The first-order valence-corrected chi connectivity index (χ1v) is 11.9. The second kappa shape index (κ2) is 11.2. The molecule has 2 aromatic rings. The van der Waals surface area contributed by atoms with Crippen LogP contribution in [-0.2, 0) is 11.4 Å². The largest absolute Gasteiger partial charge is 0.486 e. The summed E-state index contributed by atoms with van der Waals surface area (Å²) in [5.41, 5.74) is 1.23. The van der Waals surface area contributed by atoms with E-state index in [1.165, 1.54) is 16.7 Å². The van der Waals surface area contributed by atoms with Gasteiger partial charge in [0.25, 0.3) is 0 Å². The van der Waals surface area contributed by atoms with E-state index in [4.69, 9.17) is 10.6 Å². The zero-order chi connectivity index (χ0) is 23.1. The number of nitrogens with zero attached hydrogens (tertiary/aromatic N) is 3. The topological polar surface area (TPSA) is 124 Å².